The van der Waals surface area contributed by atoms with Crippen LogP contribution in [0.4, 0.5) is 34.1 Å². The van der Waals surface area contributed by atoms with Gasteiger partial charge in [0.1, 0.15) is 22.3 Å². The summed E-state index contributed by atoms with van der Waals surface area (Å²) in [4.78, 5) is 4.94. The van der Waals surface area contributed by atoms with Gasteiger partial charge in [-0.15, -0.1) is 0 Å². The number of rotatable bonds is 9. The van der Waals surface area contributed by atoms with E-state index in [0.29, 0.717) is 39.4 Å². The molecule has 15 aromatic carbocycles. The van der Waals surface area contributed by atoms with Crippen molar-refractivity contribution in [1.29, 1.82) is 0 Å². The largest absolute Gasteiger partial charge is 0.456 e. The normalized spacial score (nSPS) is 14.8. The number of para-hydroxylation sites is 4. The first kappa shape index (κ1) is 63.7. The van der Waals surface area contributed by atoms with E-state index in [-0.39, 0.29) is 48.9 Å². The molecule has 5 heterocycles. The van der Waals surface area contributed by atoms with Crippen molar-refractivity contribution in [3.05, 3.63) is 354 Å². The number of anilines is 6. The van der Waals surface area contributed by atoms with Gasteiger partial charge in [-0.25, -0.2) is 0 Å². The van der Waals surface area contributed by atoms with E-state index in [2.05, 4.69) is 338 Å². The maximum absolute atomic E-state index is 10.4. The Labute approximate surface area is 693 Å². The van der Waals surface area contributed by atoms with Gasteiger partial charge < -0.3 is 23.2 Å². The number of nitrogens with zero attached hydrogens (tertiary/aromatic N) is 3. The molecule has 0 bridgehead atoms. The Balaban J connectivity index is 1.06. The standard InChI is InChI=1S/C111H97N3O2/c1-107(2,3)75-51-47-70(48-52-75)100-103-85-42-28-32-46-96(85)116-98(103)65-86(67-33-19-16-20-34-67)105(100)113-91-54-50-71(73-55-76(108(4,5)6)61-77(56-73)109(7,8)9)59-88(91)101-83-53-49-72(74-57-78(110(10,11)12)62-79(58-74)111(13,14)15)60-92(83)114(94-64-80(63-93(113)104(94)101)112-89-43-29-25-39-81(89)82-40-26-30-44-90(82)112)106-87(68-35-21-17-22-36-68)66-97-102(84-41-27-31-45-95(84)115-97)99(106)69-37-23-18-24-38-69/h16-66,101H,1-15H3/i25D,26D,29D,30D,39D,40D,43D,44D. The van der Waals surface area contributed by atoms with Crippen LogP contribution in [-0.2, 0) is 27.1 Å². The molecule has 2 aliphatic heterocycles. The molecule has 116 heavy (non-hydrogen) atoms. The first-order valence-corrected chi connectivity index (χ1v) is 40.7. The highest BCUT2D eigenvalue weighted by Gasteiger charge is 2.45. The zero-order chi connectivity index (χ0) is 86.8. The highest BCUT2D eigenvalue weighted by molar-refractivity contribution is 6.23. The van der Waals surface area contributed by atoms with Crippen molar-refractivity contribution < 1.29 is 19.8 Å². The third kappa shape index (κ3) is 11.8. The van der Waals surface area contributed by atoms with Gasteiger partial charge in [-0.2, -0.15) is 0 Å². The van der Waals surface area contributed by atoms with Gasteiger partial charge in [0.2, 0.25) is 0 Å². The predicted molar refractivity (Wildman–Crippen MR) is 492 cm³/mol. The van der Waals surface area contributed by atoms with Crippen LogP contribution in [0.3, 0.4) is 0 Å². The molecule has 18 aromatic rings. The molecular formula is C111H97N3O2. The van der Waals surface area contributed by atoms with Crippen molar-refractivity contribution in [3.63, 3.8) is 0 Å². The van der Waals surface area contributed by atoms with Crippen molar-refractivity contribution in [3.8, 4) is 72.4 Å². The smallest absolute Gasteiger partial charge is 0.136 e. The van der Waals surface area contributed by atoms with E-state index in [4.69, 9.17) is 8.83 Å². The summed E-state index contributed by atoms with van der Waals surface area (Å²) in [5, 5.41) is 3.55. The van der Waals surface area contributed by atoms with Gasteiger partial charge in [-0.05, 0) is 177 Å². The van der Waals surface area contributed by atoms with Crippen molar-refractivity contribution in [2.75, 3.05) is 9.80 Å². The molecule has 5 heteroatoms. The molecule has 2 aliphatic rings. The molecule has 0 amide bonds. The quantitative estimate of drug-likeness (QED) is 0.144. The average Bonchev–Trinajstić information content (AvgIpc) is 1.15. The van der Waals surface area contributed by atoms with Crippen LogP contribution in [0.5, 0.6) is 0 Å². The van der Waals surface area contributed by atoms with E-state index < -0.39 is 54.3 Å². The van der Waals surface area contributed by atoms with Crippen LogP contribution >= 0.6 is 0 Å². The Morgan fingerprint density at radius 1 is 0.284 bits per heavy atom. The van der Waals surface area contributed by atoms with Crippen LogP contribution < -0.4 is 9.80 Å². The molecular weight excluding hydrogens is 1410 g/mol. The number of hydrogen-bond donors (Lipinski definition) is 0. The topological polar surface area (TPSA) is 37.7 Å². The van der Waals surface area contributed by atoms with Crippen LogP contribution in [0.2, 0.25) is 0 Å². The molecule has 0 radical (unpaired) electrons. The lowest BCUT2D eigenvalue weighted by atomic mass is 9.73. The van der Waals surface area contributed by atoms with E-state index in [1.54, 1.807) is 4.57 Å². The highest BCUT2D eigenvalue weighted by atomic mass is 16.3. The minimum atomic E-state index is -0.621. The lowest BCUT2D eigenvalue weighted by molar-refractivity contribution is 0.568. The molecule has 1 atom stereocenters. The van der Waals surface area contributed by atoms with Gasteiger partial charge in [0.05, 0.1) is 61.8 Å². The molecule has 20 rings (SSSR count). The van der Waals surface area contributed by atoms with Gasteiger partial charge in [-0.3, -0.25) is 0 Å². The summed E-state index contributed by atoms with van der Waals surface area (Å²) in [5.74, 6) is -0.621. The Kier molecular flexibility index (Phi) is 14.5. The maximum Gasteiger partial charge on any atom is 0.136 e. The van der Waals surface area contributed by atoms with Crippen LogP contribution in [0.1, 0.15) is 165 Å². The summed E-state index contributed by atoms with van der Waals surface area (Å²) in [7, 11) is 0. The van der Waals surface area contributed by atoms with Gasteiger partial charge in [0, 0.05) is 66.1 Å². The summed E-state index contributed by atoms with van der Waals surface area (Å²) in [6.07, 6.45) is 0. The number of fused-ring (bicyclic) bond motifs is 13. The van der Waals surface area contributed by atoms with Crippen LogP contribution in [0.15, 0.2) is 318 Å². The molecule has 0 saturated heterocycles. The molecule has 0 fully saturated rings. The number of hydrogen-bond acceptors (Lipinski definition) is 4. The summed E-state index contributed by atoms with van der Waals surface area (Å²) in [6.45, 7) is 34.2. The summed E-state index contributed by atoms with van der Waals surface area (Å²) >= 11 is 0. The zero-order valence-corrected chi connectivity index (χ0v) is 68.6. The fourth-order valence-corrected chi connectivity index (χ4v) is 18.1. The van der Waals surface area contributed by atoms with Gasteiger partial charge in [-0.1, -0.05) is 346 Å². The molecule has 0 aliphatic carbocycles. The zero-order valence-electron chi connectivity index (χ0n) is 76.6. The van der Waals surface area contributed by atoms with Crippen molar-refractivity contribution in [2.24, 2.45) is 0 Å². The molecule has 0 spiro atoms. The minimum Gasteiger partial charge on any atom is -0.456 e. The number of aromatic nitrogens is 1. The molecule has 5 nitrogen and oxygen atoms in total. The van der Waals surface area contributed by atoms with E-state index in [1.165, 1.54) is 22.3 Å². The second kappa shape index (κ2) is 26.4. The first-order valence-electron chi connectivity index (χ1n) is 44.7. The lowest BCUT2D eigenvalue weighted by Crippen LogP contribution is -2.30. The predicted octanol–water partition coefficient (Wildman–Crippen LogP) is 31.8. The fourth-order valence-electron chi connectivity index (χ4n) is 18.1. The third-order valence-electron chi connectivity index (χ3n) is 24.3. The molecule has 0 saturated carbocycles. The molecule has 1 unspecified atom stereocenters. The lowest BCUT2D eigenvalue weighted by Gasteiger charge is -2.47. The molecule has 0 N–H and O–H groups in total. The highest BCUT2D eigenvalue weighted by Crippen LogP contribution is 2.66. The Bertz CT molecular complexity index is 7390. The first-order chi connectivity index (χ1) is 59.0. The monoisotopic (exact) mass is 1510 g/mol. The maximum atomic E-state index is 10.4. The summed E-state index contributed by atoms with van der Waals surface area (Å²) in [6, 6.07) is 90.6. The third-order valence-corrected chi connectivity index (χ3v) is 24.3. The number of benzene rings is 15. The second-order valence-corrected chi connectivity index (χ2v) is 37.1. The van der Waals surface area contributed by atoms with Crippen LogP contribution in [0.25, 0.3) is 138 Å². The van der Waals surface area contributed by atoms with Crippen molar-refractivity contribution >= 4 is 99.8 Å². The molecule has 568 valence electrons. The molecule has 3 aromatic heterocycles. The summed E-state index contributed by atoms with van der Waals surface area (Å²) in [5.41, 5.74) is 26.8. The fraction of sp³-hybridized carbons (Fsp3) is 0.189. The van der Waals surface area contributed by atoms with E-state index in [1.807, 2.05) is 36.4 Å². The SMILES string of the molecule is [2H]c1c([2H])c([2H])c2c(c1[2H])c1c([2H])c([2H])c([2H])c([2H])c1n2-c1cc2c3c(c1)N(c1c(-c4ccccc4)cc4oc5ccccc5c4c1-c1ccccc1)c1cc(-c4cc(C(C)(C)C)cc(C(C)(C)C)c4)ccc1C3c1cc(-c3cc(C(C)(C)C)cc(C(C)(C)C)c3)ccc1N2c1c(-c2ccccc2)cc2oc3ccccc3c2c1-c1ccc(C(C)(C)C)cc1. The Hall–Kier alpha value is -12.7. The van der Waals surface area contributed by atoms with E-state index in [9.17, 15) is 11.0 Å². The van der Waals surface area contributed by atoms with Gasteiger partial charge >= 0.3 is 0 Å². The number of furan rings is 2. The Morgan fingerprint density at radius 2 is 0.672 bits per heavy atom. The summed E-state index contributed by atoms with van der Waals surface area (Å²) < 4.78 is 95.4. The average molecular weight is 1510 g/mol. The minimum absolute atomic E-state index is 0.00762. The van der Waals surface area contributed by atoms with Crippen molar-refractivity contribution in [2.45, 2.75) is 137 Å². The van der Waals surface area contributed by atoms with Crippen LogP contribution in [0, 0.1) is 0 Å². The van der Waals surface area contributed by atoms with Gasteiger partial charge in [0.15, 0.2) is 0 Å². The van der Waals surface area contributed by atoms with Crippen LogP contribution in [-0.4, -0.2) is 4.57 Å². The second-order valence-electron chi connectivity index (χ2n) is 37.1. The van der Waals surface area contributed by atoms with Crippen molar-refractivity contribution in [1.82, 2.24) is 4.57 Å². The van der Waals surface area contributed by atoms with E-state index in [0.717, 1.165) is 133 Å². The van der Waals surface area contributed by atoms with E-state index >= 15 is 0 Å². The Morgan fingerprint density at radius 3 is 1.13 bits per heavy atom. The van der Waals surface area contributed by atoms with Gasteiger partial charge in [0.25, 0.3) is 0 Å².